The highest BCUT2D eigenvalue weighted by atomic mass is 16.5. The maximum atomic E-state index is 12.9. The second-order valence-corrected chi connectivity index (χ2v) is 5.96. The summed E-state index contributed by atoms with van der Waals surface area (Å²) in [6.07, 6.45) is 2.73. The van der Waals surface area contributed by atoms with Gasteiger partial charge in [0.2, 0.25) is 0 Å². The molecule has 0 radical (unpaired) electrons. The molecule has 1 N–H and O–H groups in total. The molecule has 0 unspecified atom stereocenters. The average Bonchev–Trinajstić information content (AvgIpc) is 3.08. The van der Waals surface area contributed by atoms with Crippen molar-refractivity contribution < 1.29 is 19.4 Å². The summed E-state index contributed by atoms with van der Waals surface area (Å²) in [5.41, 5.74) is 2.33. The molecule has 1 aromatic carbocycles. The highest BCUT2D eigenvalue weighted by Crippen LogP contribution is 2.24. The minimum atomic E-state index is -0.644. The van der Waals surface area contributed by atoms with Gasteiger partial charge in [-0.1, -0.05) is 12.1 Å². The molecule has 0 spiro atoms. The number of aliphatic hydroxyl groups is 1. The zero-order valence-corrected chi connectivity index (χ0v) is 14.4. The van der Waals surface area contributed by atoms with Gasteiger partial charge in [0.1, 0.15) is 5.75 Å². The third-order valence-electron chi connectivity index (χ3n) is 4.41. The molecule has 0 bridgehead atoms. The van der Waals surface area contributed by atoms with Gasteiger partial charge in [0.15, 0.2) is 0 Å². The molecule has 6 heteroatoms. The lowest BCUT2D eigenvalue weighted by molar-refractivity contribution is 0.0520. The number of carbonyl (C=O) groups excluding carboxylic acids is 1. The number of rotatable bonds is 5. The molecule has 6 nitrogen and oxygen atoms in total. The first kappa shape index (κ1) is 17.4. The SMILES string of the molecule is CCN(C(=O)c1cccc(-c2cncc(OC)c2)c1)[C@H]1COC[C@@H]1O. The lowest BCUT2D eigenvalue weighted by atomic mass is 10.0. The average molecular weight is 342 g/mol. The van der Waals surface area contributed by atoms with E-state index < -0.39 is 6.10 Å². The largest absolute Gasteiger partial charge is 0.495 e. The Kier molecular flexibility index (Phi) is 5.31. The monoisotopic (exact) mass is 342 g/mol. The topological polar surface area (TPSA) is 71.9 Å². The second kappa shape index (κ2) is 7.63. The van der Waals surface area contributed by atoms with Gasteiger partial charge in [0.25, 0.3) is 5.91 Å². The number of pyridine rings is 1. The Labute approximate surface area is 147 Å². The maximum absolute atomic E-state index is 12.9. The predicted octanol–water partition coefficient (Wildman–Crippen LogP) is 1.98. The normalized spacial score (nSPS) is 19.6. The van der Waals surface area contributed by atoms with Gasteiger partial charge >= 0.3 is 0 Å². The smallest absolute Gasteiger partial charge is 0.254 e. The highest BCUT2D eigenvalue weighted by Gasteiger charge is 2.34. The van der Waals surface area contributed by atoms with Crippen LogP contribution < -0.4 is 4.74 Å². The molecule has 25 heavy (non-hydrogen) atoms. The van der Waals surface area contributed by atoms with Crippen LogP contribution in [-0.2, 0) is 4.74 Å². The number of nitrogens with zero attached hydrogens (tertiary/aromatic N) is 2. The third-order valence-corrected chi connectivity index (χ3v) is 4.41. The molecule has 1 fully saturated rings. The number of hydrogen-bond acceptors (Lipinski definition) is 5. The summed E-state index contributed by atoms with van der Waals surface area (Å²) < 4.78 is 10.5. The summed E-state index contributed by atoms with van der Waals surface area (Å²) in [4.78, 5) is 18.8. The van der Waals surface area contributed by atoms with E-state index in [1.54, 1.807) is 30.5 Å². The molecule has 0 saturated carbocycles. The molecule has 3 rings (SSSR count). The van der Waals surface area contributed by atoms with Crippen molar-refractivity contribution in [2.75, 3.05) is 26.9 Å². The number of likely N-dealkylation sites (N-methyl/N-ethyl adjacent to an activating group) is 1. The summed E-state index contributed by atoms with van der Waals surface area (Å²) in [6.45, 7) is 3.04. The molecular formula is C19H22N2O4. The van der Waals surface area contributed by atoms with Gasteiger partial charge in [0, 0.05) is 23.9 Å². The second-order valence-electron chi connectivity index (χ2n) is 5.96. The van der Waals surface area contributed by atoms with E-state index in [1.807, 2.05) is 31.2 Å². The fraction of sp³-hybridized carbons (Fsp3) is 0.368. The Morgan fingerprint density at radius 3 is 2.84 bits per heavy atom. The fourth-order valence-electron chi connectivity index (χ4n) is 3.04. The van der Waals surface area contributed by atoms with E-state index in [1.165, 1.54) is 0 Å². The standard InChI is InChI=1S/C19H22N2O4/c1-3-21(17-11-25-12-18(17)22)19(23)14-6-4-5-13(7-14)15-8-16(24-2)10-20-9-15/h4-10,17-18,22H,3,11-12H2,1-2H3/t17-,18-/m0/s1. The van der Waals surface area contributed by atoms with Crippen LogP contribution in [0.4, 0.5) is 0 Å². The van der Waals surface area contributed by atoms with E-state index in [2.05, 4.69) is 4.98 Å². The summed E-state index contributed by atoms with van der Waals surface area (Å²) in [6, 6.07) is 8.96. The molecule has 1 aromatic heterocycles. The van der Waals surface area contributed by atoms with E-state index in [-0.39, 0.29) is 18.6 Å². The van der Waals surface area contributed by atoms with Crippen LogP contribution in [0.1, 0.15) is 17.3 Å². The quantitative estimate of drug-likeness (QED) is 0.900. The Balaban J connectivity index is 1.88. The number of carbonyl (C=O) groups is 1. The Morgan fingerprint density at radius 2 is 2.16 bits per heavy atom. The predicted molar refractivity (Wildman–Crippen MR) is 93.5 cm³/mol. The third kappa shape index (κ3) is 3.65. The van der Waals surface area contributed by atoms with Gasteiger partial charge in [-0.15, -0.1) is 0 Å². The van der Waals surface area contributed by atoms with Gasteiger partial charge < -0.3 is 19.5 Å². The summed E-state index contributed by atoms with van der Waals surface area (Å²) >= 11 is 0. The van der Waals surface area contributed by atoms with Crippen molar-refractivity contribution in [1.29, 1.82) is 0 Å². The summed E-state index contributed by atoms with van der Waals surface area (Å²) in [7, 11) is 1.59. The van der Waals surface area contributed by atoms with Crippen molar-refractivity contribution in [2.45, 2.75) is 19.1 Å². The van der Waals surface area contributed by atoms with Crippen LogP contribution in [-0.4, -0.2) is 59.9 Å². The Morgan fingerprint density at radius 1 is 1.32 bits per heavy atom. The number of amides is 1. The van der Waals surface area contributed by atoms with Gasteiger partial charge in [0.05, 0.1) is 38.7 Å². The minimum absolute atomic E-state index is 0.116. The first-order valence-electron chi connectivity index (χ1n) is 8.30. The van der Waals surface area contributed by atoms with Crippen LogP contribution in [0.25, 0.3) is 11.1 Å². The number of hydrogen-bond donors (Lipinski definition) is 1. The van der Waals surface area contributed by atoms with Crippen LogP contribution >= 0.6 is 0 Å². The Bertz CT molecular complexity index is 750. The molecule has 2 atom stereocenters. The number of benzene rings is 1. The zero-order valence-electron chi connectivity index (χ0n) is 14.4. The zero-order chi connectivity index (χ0) is 17.8. The number of methoxy groups -OCH3 is 1. The maximum Gasteiger partial charge on any atom is 0.254 e. The van der Waals surface area contributed by atoms with Crippen LogP contribution in [0.2, 0.25) is 0 Å². The van der Waals surface area contributed by atoms with Crippen molar-refractivity contribution in [1.82, 2.24) is 9.88 Å². The van der Waals surface area contributed by atoms with E-state index in [0.29, 0.717) is 24.5 Å². The summed E-state index contributed by atoms with van der Waals surface area (Å²) in [5.74, 6) is 0.547. The molecule has 132 valence electrons. The number of aromatic nitrogens is 1. The lowest BCUT2D eigenvalue weighted by Gasteiger charge is -2.29. The van der Waals surface area contributed by atoms with Crippen molar-refractivity contribution in [3.05, 3.63) is 48.3 Å². The minimum Gasteiger partial charge on any atom is -0.495 e. The lowest BCUT2D eigenvalue weighted by Crippen LogP contribution is -2.46. The van der Waals surface area contributed by atoms with Crippen molar-refractivity contribution in [2.24, 2.45) is 0 Å². The number of aliphatic hydroxyl groups excluding tert-OH is 1. The summed E-state index contributed by atoms with van der Waals surface area (Å²) in [5, 5.41) is 10.0. The van der Waals surface area contributed by atoms with Gasteiger partial charge in [-0.3, -0.25) is 9.78 Å². The van der Waals surface area contributed by atoms with Crippen molar-refractivity contribution in [3.8, 4) is 16.9 Å². The Hall–Kier alpha value is -2.44. The fourth-order valence-corrected chi connectivity index (χ4v) is 3.04. The molecule has 1 aliphatic rings. The van der Waals surface area contributed by atoms with Gasteiger partial charge in [-0.2, -0.15) is 0 Å². The molecule has 0 aliphatic carbocycles. The van der Waals surface area contributed by atoms with Crippen molar-refractivity contribution >= 4 is 5.91 Å². The van der Waals surface area contributed by atoms with E-state index in [0.717, 1.165) is 11.1 Å². The van der Waals surface area contributed by atoms with Gasteiger partial charge in [-0.05, 0) is 30.7 Å². The molecule has 1 aliphatic heterocycles. The molecular weight excluding hydrogens is 320 g/mol. The number of ether oxygens (including phenoxy) is 2. The first-order chi connectivity index (χ1) is 12.1. The van der Waals surface area contributed by atoms with Crippen molar-refractivity contribution in [3.63, 3.8) is 0 Å². The first-order valence-corrected chi connectivity index (χ1v) is 8.30. The van der Waals surface area contributed by atoms with Crippen LogP contribution in [0.3, 0.4) is 0 Å². The molecule has 2 aromatic rings. The van der Waals surface area contributed by atoms with Crippen LogP contribution in [0, 0.1) is 0 Å². The van der Waals surface area contributed by atoms with E-state index in [4.69, 9.17) is 9.47 Å². The van der Waals surface area contributed by atoms with Gasteiger partial charge in [-0.25, -0.2) is 0 Å². The van der Waals surface area contributed by atoms with Crippen LogP contribution in [0.15, 0.2) is 42.7 Å². The highest BCUT2D eigenvalue weighted by molar-refractivity contribution is 5.95. The molecule has 1 saturated heterocycles. The van der Waals surface area contributed by atoms with E-state index in [9.17, 15) is 9.90 Å². The van der Waals surface area contributed by atoms with E-state index >= 15 is 0 Å². The molecule has 2 heterocycles. The van der Waals surface area contributed by atoms with Crippen LogP contribution in [0.5, 0.6) is 5.75 Å². The molecule has 1 amide bonds.